The predicted octanol–water partition coefficient (Wildman–Crippen LogP) is 6.91. The van der Waals surface area contributed by atoms with Gasteiger partial charge in [-0.1, -0.05) is 51.7 Å². The molecule has 0 radical (unpaired) electrons. The van der Waals surface area contributed by atoms with Gasteiger partial charge < -0.3 is 14.6 Å². The van der Waals surface area contributed by atoms with Gasteiger partial charge in [-0.3, -0.25) is 4.79 Å². The molecule has 1 fully saturated rings. The van der Waals surface area contributed by atoms with Crippen molar-refractivity contribution in [3.8, 4) is 0 Å². The van der Waals surface area contributed by atoms with Crippen LogP contribution < -0.4 is 0 Å². The Morgan fingerprint density at radius 1 is 1.21 bits per heavy atom. The molecule has 0 amide bonds. The Labute approximate surface area is 204 Å². The van der Waals surface area contributed by atoms with Crippen LogP contribution in [0.1, 0.15) is 103 Å². The number of aliphatic hydroxyl groups excluding tert-OH is 1. The maximum absolute atomic E-state index is 14.1. The van der Waals surface area contributed by atoms with Crippen LogP contribution in [0.25, 0.3) is 5.57 Å². The van der Waals surface area contributed by atoms with E-state index in [1.165, 1.54) is 30.4 Å². The maximum Gasteiger partial charge on any atom is 0.308 e. The summed E-state index contributed by atoms with van der Waals surface area (Å²) in [4.78, 5) is 11.8. The monoisotopic (exact) mass is 474 g/mol. The first-order valence-electron chi connectivity index (χ1n) is 13.2. The van der Waals surface area contributed by atoms with Crippen LogP contribution in [0.2, 0.25) is 0 Å². The smallest absolute Gasteiger partial charge is 0.308 e. The number of halogens is 1. The molecule has 0 saturated carbocycles. The summed E-state index contributed by atoms with van der Waals surface area (Å²) in [6, 6.07) is 5.41. The summed E-state index contributed by atoms with van der Waals surface area (Å²) in [6.45, 7) is 9.35. The normalized spacial score (nSPS) is 27.7. The predicted molar refractivity (Wildman–Crippen MR) is 134 cm³/mol. The lowest BCUT2D eigenvalue weighted by Crippen LogP contribution is -2.35. The van der Waals surface area contributed by atoms with Gasteiger partial charge in [0.15, 0.2) is 0 Å². The average molecular weight is 475 g/mol. The van der Waals surface area contributed by atoms with Crippen molar-refractivity contribution in [2.24, 2.45) is 5.41 Å². The summed E-state index contributed by atoms with van der Waals surface area (Å²) in [7, 11) is 0. The number of aliphatic hydroxyl groups is 1. The van der Waals surface area contributed by atoms with E-state index in [0.717, 1.165) is 44.3 Å². The molecular weight excluding hydrogens is 431 g/mol. The average Bonchev–Trinajstić information content (AvgIpc) is 2.79. The second-order valence-corrected chi connectivity index (χ2v) is 10.5. The standard InChI is InChI=1S/C29H43FO4/c1-5-7-8-9-14-33-24-18-25(21-10-13-27(30)20(3)15-21)26(29(4,6-2)19-24)12-11-23-16-22(31)17-28(32)34-23/h10,13,15,22-24,31H,5-9,11-12,14,16-19H2,1-4H3. The third-order valence-electron chi connectivity index (χ3n) is 7.79. The molecule has 1 N–H and O–H groups in total. The Bertz CT molecular complexity index is 864. The molecule has 190 valence electrons. The molecule has 34 heavy (non-hydrogen) atoms. The van der Waals surface area contributed by atoms with Crippen LogP contribution in [0.15, 0.2) is 23.8 Å². The Morgan fingerprint density at radius 3 is 2.68 bits per heavy atom. The molecule has 1 aliphatic carbocycles. The molecule has 1 aromatic carbocycles. The van der Waals surface area contributed by atoms with Crippen LogP contribution in [0.3, 0.4) is 0 Å². The summed E-state index contributed by atoms with van der Waals surface area (Å²) in [5.74, 6) is -0.502. The first-order valence-corrected chi connectivity index (χ1v) is 13.2. The molecule has 1 aliphatic heterocycles. The van der Waals surface area contributed by atoms with Crippen molar-refractivity contribution >= 4 is 11.5 Å². The van der Waals surface area contributed by atoms with Crippen LogP contribution in [0, 0.1) is 18.2 Å². The molecule has 4 atom stereocenters. The lowest BCUT2D eigenvalue weighted by Gasteiger charge is -2.42. The van der Waals surface area contributed by atoms with Crippen molar-refractivity contribution in [1.82, 2.24) is 0 Å². The van der Waals surface area contributed by atoms with Gasteiger partial charge in [-0.05, 0) is 79.7 Å². The van der Waals surface area contributed by atoms with E-state index in [4.69, 9.17) is 9.47 Å². The minimum absolute atomic E-state index is 0.0404. The molecule has 0 aromatic heterocycles. The van der Waals surface area contributed by atoms with Gasteiger partial charge in [-0.15, -0.1) is 0 Å². The van der Waals surface area contributed by atoms with E-state index < -0.39 is 6.10 Å². The number of allylic oxidation sites excluding steroid dienone is 1. The van der Waals surface area contributed by atoms with Crippen LogP contribution >= 0.6 is 0 Å². The highest BCUT2D eigenvalue weighted by atomic mass is 19.1. The number of hydrogen-bond donors (Lipinski definition) is 1. The van der Waals surface area contributed by atoms with Crippen molar-refractivity contribution < 1.29 is 23.8 Å². The molecule has 0 spiro atoms. The van der Waals surface area contributed by atoms with Crippen molar-refractivity contribution in [3.63, 3.8) is 0 Å². The number of carbonyl (C=O) groups excluding carboxylic acids is 1. The second kappa shape index (κ2) is 12.3. The van der Waals surface area contributed by atoms with Gasteiger partial charge in [0.25, 0.3) is 0 Å². The SMILES string of the molecule is CCCCCCOC1CC(c2ccc(F)c(C)c2)=C(CCC2CC(O)CC(=O)O2)C(C)(CC)C1. The summed E-state index contributed by atoms with van der Waals surface area (Å²) in [6.07, 6.45) is 8.84. The van der Waals surface area contributed by atoms with Crippen LogP contribution in [0.4, 0.5) is 4.39 Å². The van der Waals surface area contributed by atoms with Crippen LogP contribution in [0.5, 0.6) is 0 Å². The second-order valence-electron chi connectivity index (χ2n) is 10.5. The zero-order valence-electron chi connectivity index (χ0n) is 21.5. The number of rotatable bonds is 11. The van der Waals surface area contributed by atoms with Crippen LogP contribution in [-0.2, 0) is 14.3 Å². The molecule has 4 nitrogen and oxygen atoms in total. The van der Waals surface area contributed by atoms with Gasteiger partial charge in [0.1, 0.15) is 11.9 Å². The van der Waals surface area contributed by atoms with E-state index in [0.29, 0.717) is 18.4 Å². The first kappa shape index (κ1) is 26.9. The van der Waals surface area contributed by atoms with Gasteiger partial charge in [0, 0.05) is 13.0 Å². The minimum Gasteiger partial charge on any atom is -0.462 e. The number of esters is 1. The van der Waals surface area contributed by atoms with Crippen molar-refractivity contribution in [1.29, 1.82) is 0 Å². The van der Waals surface area contributed by atoms with Gasteiger partial charge in [-0.2, -0.15) is 0 Å². The van der Waals surface area contributed by atoms with E-state index >= 15 is 0 Å². The third-order valence-corrected chi connectivity index (χ3v) is 7.79. The van der Waals surface area contributed by atoms with Gasteiger partial charge in [0.2, 0.25) is 0 Å². The Kier molecular flexibility index (Phi) is 9.73. The van der Waals surface area contributed by atoms with Crippen LogP contribution in [-0.4, -0.2) is 36.0 Å². The lowest BCUT2D eigenvalue weighted by molar-refractivity contribution is -0.160. The molecule has 3 rings (SSSR count). The fourth-order valence-corrected chi connectivity index (χ4v) is 5.59. The highest BCUT2D eigenvalue weighted by Crippen LogP contribution is 2.49. The van der Waals surface area contributed by atoms with E-state index in [-0.39, 0.29) is 35.8 Å². The highest BCUT2D eigenvalue weighted by Gasteiger charge is 2.39. The molecule has 2 aliphatic rings. The Morgan fingerprint density at radius 2 is 2.00 bits per heavy atom. The van der Waals surface area contributed by atoms with Gasteiger partial charge >= 0.3 is 5.97 Å². The zero-order chi connectivity index (χ0) is 24.7. The fraction of sp³-hybridized carbons (Fsp3) is 0.690. The summed E-state index contributed by atoms with van der Waals surface area (Å²) < 4.78 is 26.0. The van der Waals surface area contributed by atoms with E-state index in [1.807, 2.05) is 19.1 Å². The Hall–Kier alpha value is -1.72. The largest absolute Gasteiger partial charge is 0.462 e. The number of unbranched alkanes of at least 4 members (excludes halogenated alkanes) is 3. The summed E-state index contributed by atoms with van der Waals surface area (Å²) in [5.41, 5.74) is 4.28. The van der Waals surface area contributed by atoms with Crippen molar-refractivity contribution in [2.45, 2.75) is 117 Å². The van der Waals surface area contributed by atoms with Gasteiger partial charge in [-0.25, -0.2) is 4.39 Å². The molecule has 1 aromatic rings. The number of aryl methyl sites for hydroxylation is 1. The highest BCUT2D eigenvalue weighted by molar-refractivity contribution is 5.72. The number of cyclic esters (lactones) is 1. The lowest BCUT2D eigenvalue weighted by atomic mass is 9.65. The fourth-order valence-electron chi connectivity index (χ4n) is 5.59. The molecular formula is C29H43FO4. The molecule has 0 bridgehead atoms. The molecule has 1 saturated heterocycles. The molecule has 1 heterocycles. The molecule has 4 unspecified atom stereocenters. The number of hydrogen-bond acceptors (Lipinski definition) is 4. The van der Waals surface area contributed by atoms with Gasteiger partial charge in [0.05, 0.1) is 18.6 Å². The minimum atomic E-state index is -0.617. The Balaban J connectivity index is 1.86. The van der Waals surface area contributed by atoms with Crippen molar-refractivity contribution in [2.75, 3.05) is 6.61 Å². The number of benzene rings is 1. The summed E-state index contributed by atoms with van der Waals surface area (Å²) >= 11 is 0. The number of carbonyl (C=O) groups is 1. The van der Waals surface area contributed by atoms with E-state index in [1.54, 1.807) is 6.07 Å². The third kappa shape index (κ3) is 6.91. The van der Waals surface area contributed by atoms with E-state index in [9.17, 15) is 14.3 Å². The molecule has 5 heteroatoms. The number of ether oxygens (including phenoxy) is 2. The quantitative estimate of drug-likeness (QED) is 0.280. The van der Waals surface area contributed by atoms with Crippen molar-refractivity contribution in [3.05, 3.63) is 40.7 Å². The van der Waals surface area contributed by atoms with E-state index in [2.05, 4.69) is 20.8 Å². The zero-order valence-corrected chi connectivity index (χ0v) is 21.5. The topological polar surface area (TPSA) is 55.8 Å². The maximum atomic E-state index is 14.1. The summed E-state index contributed by atoms with van der Waals surface area (Å²) in [5, 5.41) is 10.0. The first-order chi connectivity index (χ1) is 16.3.